The lowest BCUT2D eigenvalue weighted by atomic mass is 9.97. The molecule has 10 rings (SSSR count). The number of aliphatic imine (C=N–C) groups is 1. The molecule has 0 radical (unpaired) electrons. The molecule has 0 saturated heterocycles. The molecule has 0 aliphatic heterocycles. The van der Waals surface area contributed by atoms with Crippen LogP contribution in [0.25, 0.3) is 66.5 Å². The van der Waals surface area contributed by atoms with Crippen molar-refractivity contribution in [3.05, 3.63) is 186 Å². The van der Waals surface area contributed by atoms with E-state index in [1.54, 1.807) is 0 Å². The van der Waals surface area contributed by atoms with Crippen molar-refractivity contribution in [2.45, 2.75) is 12.8 Å². The second kappa shape index (κ2) is 12.6. The monoisotopic (exact) mass is 682 g/mol. The summed E-state index contributed by atoms with van der Waals surface area (Å²) in [6.07, 6.45) is 8.35. The fourth-order valence-electron chi connectivity index (χ4n) is 7.81. The normalized spacial score (nSPS) is 12.9. The van der Waals surface area contributed by atoms with Gasteiger partial charge in [-0.25, -0.2) is 9.98 Å². The lowest BCUT2D eigenvalue weighted by Gasteiger charge is -2.17. The van der Waals surface area contributed by atoms with Crippen LogP contribution in [0.5, 0.6) is 0 Å². The van der Waals surface area contributed by atoms with Crippen molar-refractivity contribution in [3.63, 3.8) is 0 Å². The first-order valence-electron chi connectivity index (χ1n) is 18.0. The first kappa shape index (κ1) is 30.7. The standard InChI is InChI=1S/C47H34N6/c48-45(31-14-4-1-5-15-31)50-46(32-16-6-2-7-17-32)51-53-42-23-13-12-22-38(42)39-28-33(25-27-43(39)53)34-24-26-41-40(29-34)44-37-21-11-10-18-35(37)30-49-47(44)52(41)36-19-8-3-9-20-36/h1-12,14-22,24-30H,13,23H2,(H2,48,50,51). The van der Waals surface area contributed by atoms with Crippen molar-refractivity contribution in [1.29, 1.82) is 5.41 Å². The van der Waals surface area contributed by atoms with Crippen LogP contribution >= 0.6 is 0 Å². The van der Waals surface area contributed by atoms with Gasteiger partial charge in [0.25, 0.3) is 0 Å². The number of rotatable bonds is 5. The smallest absolute Gasteiger partial charge is 0.154 e. The molecule has 6 aromatic carbocycles. The van der Waals surface area contributed by atoms with Crippen LogP contribution in [0.3, 0.4) is 0 Å². The molecule has 3 aromatic heterocycles. The van der Waals surface area contributed by atoms with E-state index in [0.717, 1.165) is 68.2 Å². The molecule has 6 heteroatoms. The Hall–Kier alpha value is -7.05. The summed E-state index contributed by atoms with van der Waals surface area (Å²) < 4.78 is 4.46. The Morgan fingerprint density at radius 3 is 2.09 bits per heavy atom. The zero-order valence-electron chi connectivity index (χ0n) is 28.9. The maximum absolute atomic E-state index is 8.86. The van der Waals surface area contributed by atoms with Crippen LogP contribution in [0.15, 0.2) is 169 Å². The molecule has 0 spiro atoms. The highest BCUT2D eigenvalue weighted by molar-refractivity contribution is 6.20. The lowest BCUT2D eigenvalue weighted by Crippen LogP contribution is -2.27. The van der Waals surface area contributed by atoms with Crippen LogP contribution in [0.1, 0.15) is 28.8 Å². The van der Waals surface area contributed by atoms with Gasteiger partial charge in [-0.2, -0.15) is 0 Å². The van der Waals surface area contributed by atoms with Gasteiger partial charge >= 0.3 is 0 Å². The summed E-state index contributed by atoms with van der Waals surface area (Å²) >= 11 is 0. The second-order valence-corrected chi connectivity index (χ2v) is 13.5. The second-order valence-electron chi connectivity index (χ2n) is 13.5. The zero-order valence-corrected chi connectivity index (χ0v) is 28.9. The Balaban J connectivity index is 1.13. The Bertz CT molecular complexity index is 2920. The van der Waals surface area contributed by atoms with Gasteiger partial charge in [-0.1, -0.05) is 127 Å². The maximum Gasteiger partial charge on any atom is 0.154 e. The number of nitrogens with one attached hydrogen (secondary N) is 2. The number of allylic oxidation sites excluding steroid dienone is 1. The van der Waals surface area contributed by atoms with Gasteiger partial charge in [0, 0.05) is 55.8 Å². The van der Waals surface area contributed by atoms with Gasteiger partial charge in [-0.15, -0.1) is 0 Å². The van der Waals surface area contributed by atoms with Crippen LogP contribution in [0.4, 0.5) is 0 Å². The topological polar surface area (TPSA) is 71.0 Å². The summed E-state index contributed by atoms with van der Waals surface area (Å²) in [5.74, 6) is 0.829. The van der Waals surface area contributed by atoms with E-state index in [1.807, 2.05) is 66.9 Å². The number of nitrogens with zero attached hydrogens (tertiary/aromatic N) is 4. The minimum atomic E-state index is 0.205. The van der Waals surface area contributed by atoms with Crippen LogP contribution in [0.2, 0.25) is 0 Å². The van der Waals surface area contributed by atoms with E-state index >= 15 is 0 Å². The van der Waals surface area contributed by atoms with E-state index in [0.29, 0.717) is 5.84 Å². The van der Waals surface area contributed by atoms with Crippen LogP contribution in [-0.2, 0) is 6.42 Å². The molecule has 0 bridgehead atoms. The zero-order chi connectivity index (χ0) is 35.3. The van der Waals surface area contributed by atoms with Crippen LogP contribution in [-0.4, -0.2) is 25.9 Å². The van der Waals surface area contributed by atoms with Crippen molar-refractivity contribution < 1.29 is 0 Å². The van der Waals surface area contributed by atoms with E-state index in [9.17, 15) is 0 Å². The molecule has 3 heterocycles. The Kier molecular flexibility index (Phi) is 7.32. The molecule has 0 saturated carbocycles. The van der Waals surface area contributed by atoms with Crippen molar-refractivity contribution in [3.8, 4) is 16.8 Å². The summed E-state index contributed by atoms with van der Waals surface area (Å²) in [6, 6.07) is 52.3. The third kappa shape index (κ3) is 5.23. The lowest BCUT2D eigenvalue weighted by molar-refractivity contribution is 0.854. The number of amidine groups is 2. The van der Waals surface area contributed by atoms with Crippen LogP contribution < -0.4 is 5.43 Å². The SMILES string of the molecule is N=C(N=C(Nn1c2c(c3cc(-c4ccc5c(c4)c4c6ccccc6cnc4n5-c4ccccc4)ccc31)C=CCC2)c1ccccc1)c1ccccc1. The Morgan fingerprint density at radius 2 is 1.32 bits per heavy atom. The van der Waals surface area contributed by atoms with Gasteiger partial charge in [0.05, 0.1) is 11.0 Å². The fraction of sp³-hybridized carbons (Fsp3) is 0.0426. The summed E-state index contributed by atoms with van der Waals surface area (Å²) in [5.41, 5.74) is 14.3. The predicted octanol–water partition coefficient (Wildman–Crippen LogP) is 10.9. The number of hydrogen-bond donors (Lipinski definition) is 2. The fourth-order valence-corrected chi connectivity index (χ4v) is 7.81. The summed E-state index contributed by atoms with van der Waals surface area (Å²) in [6.45, 7) is 0. The third-order valence-corrected chi connectivity index (χ3v) is 10.3. The Labute approximate surface area is 306 Å². The number of hydrogen-bond acceptors (Lipinski definition) is 2. The van der Waals surface area contributed by atoms with Crippen molar-refractivity contribution in [2.75, 3.05) is 5.43 Å². The van der Waals surface area contributed by atoms with Gasteiger partial charge < -0.3 is 0 Å². The molecule has 2 N–H and O–H groups in total. The molecule has 6 nitrogen and oxygen atoms in total. The van der Waals surface area contributed by atoms with Crippen LogP contribution in [0, 0.1) is 5.41 Å². The van der Waals surface area contributed by atoms with Gasteiger partial charge in [0.2, 0.25) is 0 Å². The van der Waals surface area contributed by atoms with E-state index in [-0.39, 0.29) is 5.84 Å². The van der Waals surface area contributed by atoms with E-state index in [2.05, 4.69) is 118 Å². The van der Waals surface area contributed by atoms with Gasteiger partial charge in [-0.3, -0.25) is 20.1 Å². The summed E-state index contributed by atoms with van der Waals surface area (Å²) in [5, 5.41) is 14.7. The number of pyridine rings is 1. The Morgan fingerprint density at radius 1 is 0.660 bits per heavy atom. The highest BCUT2D eigenvalue weighted by Gasteiger charge is 2.21. The number of benzene rings is 6. The first-order chi connectivity index (χ1) is 26.2. The first-order valence-corrected chi connectivity index (χ1v) is 18.0. The summed E-state index contributed by atoms with van der Waals surface area (Å²) in [7, 11) is 0. The molecule has 252 valence electrons. The third-order valence-electron chi connectivity index (χ3n) is 10.3. The van der Waals surface area contributed by atoms with Gasteiger partial charge in [0.15, 0.2) is 11.7 Å². The molecule has 9 aromatic rings. The van der Waals surface area contributed by atoms with Crippen molar-refractivity contribution in [1.82, 2.24) is 14.2 Å². The molecule has 1 aliphatic carbocycles. The average Bonchev–Trinajstić information content (AvgIpc) is 3.73. The number of para-hydroxylation sites is 1. The minimum Gasteiger partial charge on any atom is -0.294 e. The molecular formula is C47H34N6. The highest BCUT2D eigenvalue weighted by Crippen LogP contribution is 2.39. The van der Waals surface area contributed by atoms with Crippen molar-refractivity contribution >= 4 is 61.4 Å². The van der Waals surface area contributed by atoms with E-state index in [1.165, 1.54) is 27.4 Å². The van der Waals surface area contributed by atoms with E-state index in [4.69, 9.17) is 15.4 Å². The molecule has 0 atom stereocenters. The largest absolute Gasteiger partial charge is 0.294 e. The average molecular weight is 683 g/mol. The molecule has 1 aliphatic rings. The molecule has 0 amide bonds. The van der Waals surface area contributed by atoms with Crippen molar-refractivity contribution in [2.24, 2.45) is 4.99 Å². The molecule has 0 unspecified atom stereocenters. The van der Waals surface area contributed by atoms with Gasteiger partial charge in [-0.05, 0) is 65.8 Å². The number of fused-ring (bicyclic) bond motifs is 8. The van der Waals surface area contributed by atoms with Gasteiger partial charge in [0.1, 0.15) is 5.65 Å². The molecule has 0 fully saturated rings. The summed E-state index contributed by atoms with van der Waals surface area (Å²) in [4.78, 5) is 9.88. The molecule has 53 heavy (non-hydrogen) atoms. The minimum absolute atomic E-state index is 0.205. The maximum atomic E-state index is 8.86. The van der Waals surface area contributed by atoms with E-state index < -0.39 is 0 Å². The predicted molar refractivity (Wildman–Crippen MR) is 220 cm³/mol. The highest BCUT2D eigenvalue weighted by atomic mass is 15.4. The quantitative estimate of drug-likeness (QED) is 0.140. The number of aromatic nitrogens is 3. The molecular weight excluding hydrogens is 649 g/mol.